The number of benzene rings is 1. The molecule has 1 aliphatic heterocycles. The molecule has 1 fully saturated rings. The second kappa shape index (κ2) is 8.26. The van der Waals surface area contributed by atoms with Crippen LogP contribution in [0.4, 0.5) is 4.79 Å². The Balaban J connectivity index is 1.64. The van der Waals surface area contributed by atoms with Crippen molar-refractivity contribution in [3.8, 4) is 5.75 Å². The molecule has 1 aromatic rings. The van der Waals surface area contributed by atoms with E-state index in [0.29, 0.717) is 48.3 Å². The molecule has 1 saturated heterocycles. The van der Waals surface area contributed by atoms with Gasteiger partial charge in [0.05, 0.1) is 17.5 Å². The Bertz CT molecular complexity index is 583. The molecule has 0 radical (unpaired) electrons. The third-order valence-electron chi connectivity index (χ3n) is 3.57. The fraction of sp³-hybridized carbons (Fsp3) is 0.467. The maximum absolute atomic E-state index is 11.9. The second-order valence-electron chi connectivity index (χ2n) is 5.28. The zero-order chi connectivity index (χ0) is 16.8. The van der Waals surface area contributed by atoms with Crippen LogP contribution >= 0.6 is 23.2 Å². The van der Waals surface area contributed by atoms with Crippen LogP contribution in [0.5, 0.6) is 5.75 Å². The molecule has 2 rings (SSSR count). The predicted molar refractivity (Wildman–Crippen MR) is 87.3 cm³/mol. The molecular formula is C15H18Cl2N2O4. The number of urea groups is 1. The predicted octanol–water partition coefficient (Wildman–Crippen LogP) is 2.88. The number of carbonyl (C=O) groups excluding carboxylic acids is 1. The van der Waals surface area contributed by atoms with E-state index in [2.05, 4.69) is 5.32 Å². The number of hydrogen-bond donors (Lipinski definition) is 2. The van der Waals surface area contributed by atoms with E-state index in [0.717, 1.165) is 0 Å². The molecule has 6 nitrogen and oxygen atoms in total. The van der Waals surface area contributed by atoms with Crippen LogP contribution in [0.15, 0.2) is 18.2 Å². The largest absolute Gasteiger partial charge is 0.492 e. The molecule has 0 bridgehead atoms. The summed E-state index contributed by atoms with van der Waals surface area (Å²) in [5, 5.41) is 12.7. The van der Waals surface area contributed by atoms with E-state index in [1.165, 1.54) is 4.90 Å². The molecule has 0 spiro atoms. The molecule has 1 unspecified atom stereocenters. The summed E-state index contributed by atoms with van der Waals surface area (Å²) < 4.78 is 5.51. The van der Waals surface area contributed by atoms with E-state index in [-0.39, 0.29) is 12.6 Å². The second-order valence-corrected chi connectivity index (χ2v) is 6.12. The third-order valence-corrected chi connectivity index (χ3v) is 4.10. The molecule has 23 heavy (non-hydrogen) atoms. The molecule has 1 aliphatic rings. The fourth-order valence-electron chi connectivity index (χ4n) is 2.30. The van der Waals surface area contributed by atoms with Crippen molar-refractivity contribution < 1.29 is 19.4 Å². The minimum absolute atomic E-state index is 0.238. The van der Waals surface area contributed by atoms with E-state index in [9.17, 15) is 9.59 Å². The van der Waals surface area contributed by atoms with Crippen LogP contribution in [-0.4, -0.2) is 48.2 Å². The maximum atomic E-state index is 11.9. The Morgan fingerprint density at radius 2 is 2.17 bits per heavy atom. The van der Waals surface area contributed by atoms with Crippen molar-refractivity contribution in [2.75, 3.05) is 26.2 Å². The highest BCUT2D eigenvalue weighted by molar-refractivity contribution is 6.35. The van der Waals surface area contributed by atoms with Gasteiger partial charge in [0.25, 0.3) is 0 Å². The van der Waals surface area contributed by atoms with Crippen molar-refractivity contribution in [1.29, 1.82) is 0 Å². The molecule has 0 saturated carbocycles. The summed E-state index contributed by atoms with van der Waals surface area (Å²) in [6.07, 6.45) is 1.11. The van der Waals surface area contributed by atoms with Crippen molar-refractivity contribution in [1.82, 2.24) is 10.2 Å². The van der Waals surface area contributed by atoms with Crippen molar-refractivity contribution in [3.63, 3.8) is 0 Å². The third kappa shape index (κ3) is 5.18. The van der Waals surface area contributed by atoms with Crippen LogP contribution < -0.4 is 10.1 Å². The lowest BCUT2D eigenvalue weighted by Crippen LogP contribution is -2.39. The SMILES string of the molecule is O=C(O)C1CCN(C(=O)NCCCOc2ccc(Cl)cc2Cl)C1. The summed E-state index contributed by atoms with van der Waals surface area (Å²) in [6.45, 7) is 1.58. The minimum Gasteiger partial charge on any atom is -0.492 e. The van der Waals surface area contributed by atoms with E-state index < -0.39 is 11.9 Å². The number of likely N-dealkylation sites (tertiary alicyclic amines) is 1. The van der Waals surface area contributed by atoms with Gasteiger partial charge in [-0.3, -0.25) is 4.79 Å². The van der Waals surface area contributed by atoms with Crippen molar-refractivity contribution in [3.05, 3.63) is 28.2 Å². The molecule has 2 N–H and O–H groups in total. The van der Waals surface area contributed by atoms with Gasteiger partial charge in [0.2, 0.25) is 0 Å². The monoisotopic (exact) mass is 360 g/mol. The Kier molecular flexibility index (Phi) is 6.36. The van der Waals surface area contributed by atoms with Gasteiger partial charge in [0.1, 0.15) is 5.75 Å². The average molecular weight is 361 g/mol. The number of amides is 2. The van der Waals surface area contributed by atoms with Gasteiger partial charge in [-0.1, -0.05) is 23.2 Å². The van der Waals surface area contributed by atoms with Gasteiger partial charge in [0.15, 0.2) is 0 Å². The van der Waals surface area contributed by atoms with Crippen molar-refractivity contribution in [2.24, 2.45) is 5.92 Å². The molecule has 1 atom stereocenters. The summed E-state index contributed by atoms with van der Waals surface area (Å²) in [7, 11) is 0. The van der Waals surface area contributed by atoms with Crippen LogP contribution in [0.1, 0.15) is 12.8 Å². The van der Waals surface area contributed by atoms with E-state index >= 15 is 0 Å². The van der Waals surface area contributed by atoms with Crippen LogP contribution in [0, 0.1) is 5.92 Å². The summed E-state index contributed by atoms with van der Waals surface area (Å²) >= 11 is 11.8. The standard InChI is InChI=1S/C15H18Cl2N2O4/c16-11-2-3-13(12(17)8-11)23-7-1-5-18-15(22)19-6-4-10(9-19)14(20)21/h2-3,8,10H,1,4-7,9H2,(H,18,22)(H,20,21). The van der Waals surface area contributed by atoms with Gasteiger partial charge in [-0.25, -0.2) is 4.79 Å². The lowest BCUT2D eigenvalue weighted by atomic mass is 10.1. The molecule has 8 heteroatoms. The Morgan fingerprint density at radius 3 is 2.83 bits per heavy atom. The van der Waals surface area contributed by atoms with Gasteiger partial charge in [-0.2, -0.15) is 0 Å². The summed E-state index contributed by atoms with van der Waals surface area (Å²) in [6, 6.07) is 4.75. The van der Waals surface area contributed by atoms with Gasteiger partial charge < -0.3 is 20.1 Å². The van der Waals surface area contributed by atoms with Crippen LogP contribution in [0.3, 0.4) is 0 Å². The van der Waals surface area contributed by atoms with Gasteiger partial charge >= 0.3 is 12.0 Å². The normalized spacial score (nSPS) is 17.1. The summed E-state index contributed by atoms with van der Waals surface area (Å²) in [5.74, 6) is -0.768. The molecular weight excluding hydrogens is 343 g/mol. The molecule has 0 aromatic heterocycles. The van der Waals surface area contributed by atoms with Crippen molar-refractivity contribution in [2.45, 2.75) is 12.8 Å². The van der Waals surface area contributed by atoms with Crippen LogP contribution in [0.25, 0.3) is 0 Å². The highest BCUT2D eigenvalue weighted by Crippen LogP contribution is 2.27. The Labute approximate surface area is 144 Å². The lowest BCUT2D eigenvalue weighted by molar-refractivity contribution is -0.141. The van der Waals surface area contributed by atoms with Crippen LogP contribution in [0.2, 0.25) is 10.0 Å². The zero-order valence-corrected chi connectivity index (χ0v) is 13.9. The van der Waals surface area contributed by atoms with Gasteiger partial charge in [-0.05, 0) is 31.0 Å². The van der Waals surface area contributed by atoms with Crippen molar-refractivity contribution >= 4 is 35.2 Å². The summed E-state index contributed by atoms with van der Waals surface area (Å²) in [4.78, 5) is 24.3. The first-order chi connectivity index (χ1) is 11.0. The highest BCUT2D eigenvalue weighted by Gasteiger charge is 2.30. The maximum Gasteiger partial charge on any atom is 0.317 e. The van der Waals surface area contributed by atoms with E-state index in [4.69, 9.17) is 33.0 Å². The Morgan fingerprint density at radius 1 is 1.39 bits per heavy atom. The number of hydrogen-bond acceptors (Lipinski definition) is 3. The molecule has 1 aromatic carbocycles. The molecule has 0 aliphatic carbocycles. The number of halogens is 2. The number of carboxylic acids is 1. The highest BCUT2D eigenvalue weighted by atomic mass is 35.5. The smallest absolute Gasteiger partial charge is 0.317 e. The number of carbonyl (C=O) groups is 2. The number of carboxylic acid groups (broad SMARTS) is 1. The molecule has 1 heterocycles. The quantitative estimate of drug-likeness (QED) is 0.764. The van der Waals surface area contributed by atoms with Crippen LogP contribution in [-0.2, 0) is 4.79 Å². The zero-order valence-electron chi connectivity index (χ0n) is 12.4. The molecule has 126 valence electrons. The number of ether oxygens (including phenoxy) is 1. The first-order valence-electron chi connectivity index (χ1n) is 7.31. The van der Waals surface area contributed by atoms with E-state index in [1.807, 2.05) is 0 Å². The number of aliphatic carboxylic acids is 1. The first kappa shape index (κ1) is 17.7. The fourth-order valence-corrected chi connectivity index (χ4v) is 2.76. The molecule has 2 amide bonds. The Hall–Kier alpha value is -1.66. The average Bonchev–Trinajstić information content (AvgIpc) is 2.99. The van der Waals surface area contributed by atoms with Gasteiger partial charge in [0, 0.05) is 24.7 Å². The number of nitrogens with one attached hydrogen (secondary N) is 1. The summed E-state index contributed by atoms with van der Waals surface area (Å²) in [5.41, 5.74) is 0. The van der Waals surface area contributed by atoms with Gasteiger partial charge in [-0.15, -0.1) is 0 Å². The number of rotatable bonds is 6. The minimum atomic E-state index is -0.853. The topological polar surface area (TPSA) is 78.9 Å². The lowest BCUT2D eigenvalue weighted by Gasteiger charge is -2.16. The first-order valence-corrected chi connectivity index (χ1v) is 8.06. The number of nitrogens with zero attached hydrogens (tertiary/aromatic N) is 1. The van der Waals surface area contributed by atoms with E-state index in [1.54, 1.807) is 18.2 Å².